The molecule has 2 unspecified atom stereocenters. The highest BCUT2D eigenvalue weighted by atomic mass is 32.5. The number of aromatic amines is 1. The molecule has 5 aromatic rings. The number of benzene rings is 1. The fraction of sp³-hybridized carbons (Fsp3) is 0.457. The van der Waals surface area contributed by atoms with Crippen LogP contribution in [0.3, 0.4) is 0 Å². The minimum atomic E-state index is -4.07. The van der Waals surface area contributed by atoms with Crippen molar-refractivity contribution in [2.24, 2.45) is 5.92 Å². The Morgan fingerprint density at radius 2 is 1.87 bits per heavy atom. The molecule has 0 spiro atoms. The lowest BCUT2D eigenvalue weighted by Crippen LogP contribution is -2.45. The first-order chi connectivity index (χ1) is 30.2. The predicted octanol–water partition coefficient (Wildman–Crippen LogP) is 2.29. The van der Waals surface area contributed by atoms with E-state index in [-0.39, 0.29) is 53.7 Å². The third-order valence-corrected chi connectivity index (χ3v) is 13.0. The van der Waals surface area contributed by atoms with E-state index in [4.69, 9.17) is 44.1 Å². The van der Waals surface area contributed by atoms with Crippen LogP contribution in [0.25, 0.3) is 22.3 Å². The van der Waals surface area contributed by atoms with Gasteiger partial charge in [-0.3, -0.25) is 38.3 Å². The number of aliphatic hydroxyl groups excluding tert-OH is 1. The van der Waals surface area contributed by atoms with Gasteiger partial charge in [0.05, 0.1) is 51.6 Å². The minimum absolute atomic E-state index is 0.114. The van der Waals surface area contributed by atoms with E-state index in [0.29, 0.717) is 5.56 Å². The smallest absolute Gasteiger partial charge is 0.393 e. The first-order valence-electron chi connectivity index (χ1n) is 19.0. The van der Waals surface area contributed by atoms with Gasteiger partial charge in [0.25, 0.3) is 11.5 Å². The van der Waals surface area contributed by atoms with Crippen molar-refractivity contribution in [3.63, 3.8) is 0 Å². The molecule has 332 valence electrons. The van der Waals surface area contributed by atoms with Gasteiger partial charge in [0, 0.05) is 16.0 Å². The number of imidazole rings is 2. The first kappa shape index (κ1) is 44.5. The third-order valence-electron chi connectivity index (χ3n) is 10.2. The predicted molar refractivity (Wildman–Crippen MR) is 216 cm³/mol. The Morgan fingerprint density at radius 1 is 1.13 bits per heavy atom. The van der Waals surface area contributed by atoms with Crippen LogP contribution < -0.4 is 16.2 Å². The van der Waals surface area contributed by atoms with Gasteiger partial charge in [-0.2, -0.15) is 10.2 Å². The molecular weight excluding hydrogens is 895 g/mol. The van der Waals surface area contributed by atoms with Crippen molar-refractivity contribution in [1.29, 1.82) is 5.26 Å². The molecule has 0 aliphatic carbocycles. The fourth-order valence-corrected chi connectivity index (χ4v) is 9.64. The maximum Gasteiger partial charge on any atom is 0.695 e. The second kappa shape index (κ2) is 18.2. The summed E-state index contributed by atoms with van der Waals surface area (Å²) in [4.78, 5) is 71.5. The molecule has 3 saturated heterocycles. The summed E-state index contributed by atoms with van der Waals surface area (Å²) in [6.07, 6.45) is -6.89. The number of alkyl halides is 1. The number of carbonyl (C=O) groups is 2. The van der Waals surface area contributed by atoms with Crippen molar-refractivity contribution >= 4 is 72.7 Å². The number of H-pyrrole nitrogens is 1. The Kier molecular flexibility index (Phi) is 12.8. The van der Waals surface area contributed by atoms with Gasteiger partial charge in [-0.05, 0) is 23.9 Å². The number of anilines is 2. The number of aliphatic hydroxyl groups is 1. The molecule has 3 fully saturated rings. The second-order valence-electron chi connectivity index (χ2n) is 14.6. The van der Waals surface area contributed by atoms with Crippen molar-refractivity contribution in [2.45, 2.75) is 68.9 Å². The Hall–Kier alpha value is -5.13. The van der Waals surface area contributed by atoms with Crippen LogP contribution in [-0.2, 0) is 53.5 Å². The molecule has 7 heterocycles. The lowest BCUT2D eigenvalue weighted by molar-refractivity contribution is -0.185. The van der Waals surface area contributed by atoms with Gasteiger partial charge in [0.15, 0.2) is 52.9 Å². The number of carbonyl (C=O) groups excluding carboxylic acids is 2. The number of ether oxygens (including phenoxy) is 3. The normalized spacial score (nSPS) is 26.6. The quantitative estimate of drug-likeness (QED) is 0.0660. The van der Waals surface area contributed by atoms with Crippen LogP contribution in [0.5, 0.6) is 0 Å². The number of hydrogen-bond acceptors (Lipinski definition) is 19. The molecule has 8 rings (SSSR count). The van der Waals surface area contributed by atoms with E-state index in [9.17, 15) is 34.2 Å². The zero-order chi connectivity index (χ0) is 44.6. The molecule has 10 atom stereocenters. The van der Waals surface area contributed by atoms with Crippen molar-refractivity contribution in [3.8, 4) is 6.07 Å². The number of nitriles is 1. The Balaban J connectivity index is 1.03. The molecule has 2 bridgehead atoms. The maximum atomic E-state index is 16.3. The number of rotatable bonds is 17. The third kappa shape index (κ3) is 8.75. The summed E-state index contributed by atoms with van der Waals surface area (Å²) in [5, 5.41) is 25.2. The highest BCUT2D eigenvalue weighted by Crippen LogP contribution is 2.58. The standard InChI is InChI=1S/C35H36FN11O13P2S/c1-17(2)29(49)44-34-43-28-22(31(51)45-34)41-16-47(28)32-23(59-61(52)53)20(36)19(57-32)11-56-62(63,55-10-6-9-37)60-25-24-33(58-35(25,12-48)13-54-24)46-15-40-21-26(38-14-39-27(21)46)42-30(50)18-7-4-3-5-8-18/h3-5,7-8,14-17,19-20,23-25,32-33,48H,6,10-13H2,1-2H3,(H3-,38,39,42,43,44,45,49,50,51,52,53)/p+1/t19-,20+,23-,24-,25+,32-,33-,35+,62?/m1/s1. The van der Waals surface area contributed by atoms with Crippen LogP contribution in [0, 0.1) is 17.2 Å². The summed E-state index contributed by atoms with van der Waals surface area (Å²) >= 11 is 5.79. The summed E-state index contributed by atoms with van der Waals surface area (Å²) in [6, 6.07) is 10.4. The summed E-state index contributed by atoms with van der Waals surface area (Å²) in [5.74, 6) is -1.51. The number of amides is 2. The van der Waals surface area contributed by atoms with Gasteiger partial charge < -0.3 is 33.7 Å². The van der Waals surface area contributed by atoms with Gasteiger partial charge in [0.2, 0.25) is 11.9 Å². The van der Waals surface area contributed by atoms with Gasteiger partial charge in [-0.25, -0.2) is 24.3 Å². The van der Waals surface area contributed by atoms with Crippen LogP contribution >= 0.6 is 15.0 Å². The van der Waals surface area contributed by atoms with Gasteiger partial charge >= 0.3 is 15.0 Å². The summed E-state index contributed by atoms with van der Waals surface area (Å²) in [6.45, 7) is -2.64. The SMILES string of the molecule is CC(C)C(=O)Nc1nc2c(ncn2[C@@H]2O[C@H](COP(=S)(OCCC#N)O[C@H]3[C@H]4OC[C@]3(CO)O[C@H]4n3cnc4c(NC(=O)c5ccccc5)ncnc43)[C@H](F)[C@H]2O[P+](=O)O)c(=O)[nH]1. The number of hydrogen-bond donors (Lipinski definition) is 5. The van der Waals surface area contributed by atoms with Crippen LogP contribution in [0.15, 0.2) is 54.1 Å². The summed E-state index contributed by atoms with van der Waals surface area (Å²) in [7, 11) is -3.41. The molecule has 5 N–H and O–H groups in total. The molecule has 24 nitrogen and oxygen atoms in total. The van der Waals surface area contributed by atoms with E-state index in [1.807, 2.05) is 6.07 Å². The van der Waals surface area contributed by atoms with Crippen molar-refractivity contribution in [1.82, 2.24) is 39.0 Å². The van der Waals surface area contributed by atoms with E-state index in [1.54, 1.807) is 44.2 Å². The molecule has 4 aromatic heterocycles. The zero-order valence-corrected chi connectivity index (χ0v) is 35.5. The lowest BCUT2D eigenvalue weighted by Gasteiger charge is -2.31. The van der Waals surface area contributed by atoms with E-state index in [0.717, 1.165) is 10.9 Å². The average molecular weight is 933 g/mol. The molecule has 0 saturated carbocycles. The molecule has 0 radical (unpaired) electrons. The van der Waals surface area contributed by atoms with Crippen LogP contribution in [-0.4, -0.2) is 123 Å². The van der Waals surface area contributed by atoms with Crippen LogP contribution in [0.4, 0.5) is 16.2 Å². The largest absolute Gasteiger partial charge is 0.695 e. The lowest BCUT2D eigenvalue weighted by atomic mass is 10.0. The summed E-state index contributed by atoms with van der Waals surface area (Å²) in [5.41, 5.74) is -1.89. The zero-order valence-electron chi connectivity index (χ0n) is 32.9. The molecular formula is C35H37FN11O13P2S+. The van der Waals surface area contributed by atoms with E-state index < -0.39 is 100 Å². The van der Waals surface area contributed by atoms with Gasteiger partial charge in [-0.15, -0.1) is 9.42 Å². The van der Waals surface area contributed by atoms with E-state index in [1.165, 1.54) is 17.2 Å². The molecule has 63 heavy (non-hydrogen) atoms. The van der Waals surface area contributed by atoms with E-state index in [2.05, 4.69) is 40.5 Å². The van der Waals surface area contributed by atoms with Gasteiger partial charge in [-0.1, -0.05) is 32.0 Å². The van der Waals surface area contributed by atoms with E-state index >= 15 is 4.39 Å². The van der Waals surface area contributed by atoms with Crippen LogP contribution in [0.2, 0.25) is 0 Å². The Labute approximate surface area is 360 Å². The topological polar surface area (TPSA) is 311 Å². The average Bonchev–Trinajstić information content (AvgIpc) is 4.09. The fourth-order valence-electron chi connectivity index (χ4n) is 7.10. The number of halogens is 1. The van der Waals surface area contributed by atoms with Gasteiger partial charge in [0.1, 0.15) is 30.2 Å². The second-order valence-corrected chi connectivity index (χ2v) is 18.2. The monoisotopic (exact) mass is 932 g/mol. The number of aromatic nitrogens is 8. The molecule has 3 aliphatic rings. The highest BCUT2D eigenvalue weighted by Gasteiger charge is 2.65. The minimum Gasteiger partial charge on any atom is -0.393 e. The molecule has 1 aromatic carbocycles. The van der Waals surface area contributed by atoms with Crippen molar-refractivity contribution in [2.75, 3.05) is 37.1 Å². The molecule has 28 heteroatoms. The Bertz CT molecular complexity index is 2700. The Morgan fingerprint density at radius 3 is 2.59 bits per heavy atom. The molecule has 2 amide bonds. The number of fused-ring (bicyclic) bond motifs is 4. The number of nitrogens with one attached hydrogen (secondary N) is 3. The number of nitrogens with zero attached hydrogens (tertiary/aromatic N) is 8. The van der Waals surface area contributed by atoms with Crippen molar-refractivity contribution < 1.29 is 60.9 Å². The summed E-state index contributed by atoms with van der Waals surface area (Å²) < 4.78 is 72.6. The van der Waals surface area contributed by atoms with Crippen molar-refractivity contribution in [3.05, 3.63) is 65.2 Å². The van der Waals surface area contributed by atoms with Crippen LogP contribution in [0.1, 0.15) is 43.1 Å². The first-order valence-corrected chi connectivity index (χ1v) is 22.7. The maximum absolute atomic E-state index is 16.3. The highest BCUT2D eigenvalue weighted by molar-refractivity contribution is 8.07. The molecule has 3 aliphatic heterocycles.